The molecule has 0 aliphatic carbocycles. The fraction of sp³-hybridized carbons (Fsp3) is 0.462. The third-order valence-corrected chi connectivity index (χ3v) is 7.13. The zero-order valence-electron chi connectivity index (χ0n) is 19.5. The molecule has 2 aliphatic heterocycles. The van der Waals surface area contributed by atoms with Gasteiger partial charge in [0.2, 0.25) is 5.91 Å². The van der Waals surface area contributed by atoms with E-state index in [1.165, 1.54) is 12.5 Å². The molecule has 0 aromatic heterocycles. The largest absolute Gasteiger partial charge is 0.465 e. The summed E-state index contributed by atoms with van der Waals surface area (Å²) >= 11 is 12.5. The summed E-state index contributed by atoms with van der Waals surface area (Å²) in [6.45, 7) is 6.97. The molecule has 1 unspecified atom stereocenters. The van der Waals surface area contributed by atoms with E-state index in [2.05, 4.69) is 28.0 Å². The normalized spacial score (nSPS) is 19.4. The summed E-state index contributed by atoms with van der Waals surface area (Å²) in [5.74, 6) is 0.0529. The van der Waals surface area contributed by atoms with Crippen LogP contribution in [0, 0.1) is 0 Å². The molecule has 8 heteroatoms. The number of nitrogens with zero attached hydrogens (tertiary/aromatic N) is 3. The van der Waals surface area contributed by atoms with Crippen molar-refractivity contribution in [3.8, 4) is 0 Å². The molecule has 1 fully saturated rings. The summed E-state index contributed by atoms with van der Waals surface area (Å²) in [7, 11) is 0. The molecule has 0 bridgehead atoms. The number of fused-ring (bicyclic) bond motifs is 1. The van der Waals surface area contributed by atoms with Crippen LogP contribution in [0.4, 0.5) is 5.69 Å². The number of amides is 1. The maximum Gasteiger partial charge on any atom is 0.302 e. The number of ether oxygens (including phenoxy) is 1. The molecule has 34 heavy (non-hydrogen) atoms. The quantitative estimate of drug-likeness (QED) is 0.545. The van der Waals surface area contributed by atoms with Crippen LogP contribution < -0.4 is 4.90 Å². The van der Waals surface area contributed by atoms with Gasteiger partial charge in [0.25, 0.3) is 0 Å². The van der Waals surface area contributed by atoms with E-state index in [0.717, 1.165) is 61.8 Å². The lowest BCUT2D eigenvalue weighted by Crippen LogP contribution is -2.50. The van der Waals surface area contributed by atoms with Gasteiger partial charge < -0.3 is 9.64 Å². The summed E-state index contributed by atoms with van der Waals surface area (Å²) in [5.41, 5.74) is 3.25. The molecule has 4 rings (SSSR count). The number of esters is 1. The monoisotopic (exact) mass is 503 g/mol. The Morgan fingerprint density at radius 2 is 1.62 bits per heavy atom. The van der Waals surface area contributed by atoms with Crippen LogP contribution in [-0.2, 0) is 14.3 Å². The van der Waals surface area contributed by atoms with Gasteiger partial charge in [0, 0.05) is 67.8 Å². The van der Waals surface area contributed by atoms with Crippen molar-refractivity contribution < 1.29 is 14.3 Å². The van der Waals surface area contributed by atoms with Crippen molar-refractivity contribution in [1.29, 1.82) is 0 Å². The Hall–Kier alpha value is -2.12. The number of anilines is 1. The van der Waals surface area contributed by atoms with E-state index in [4.69, 9.17) is 27.9 Å². The number of benzene rings is 2. The van der Waals surface area contributed by atoms with E-state index < -0.39 is 0 Å². The van der Waals surface area contributed by atoms with Crippen LogP contribution in [0.1, 0.15) is 36.8 Å². The number of piperazine rings is 1. The highest BCUT2D eigenvalue weighted by Gasteiger charge is 2.29. The SMILES string of the molecule is CC(=O)OCCN1CCN(CC(=O)N2CCCC(c3ccc(Cl)cc3)c3ccc(Cl)cc32)CC1. The lowest BCUT2D eigenvalue weighted by molar-refractivity contribution is -0.141. The van der Waals surface area contributed by atoms with E-state index in [1.807, 2.05) is 29.2 Å². The van der Waals surface area contributed by atoms with Crippen LogP contribution in [0.3, 0.4) is 0 Å². The van der Waals surface area contributed by atoms with E-state index in [9.17, 15) is 9.59 Å². The first-order chi connectivity index (χ1) is 16.4. The molecular weight excluding hydrogens is 473 g/mol. The minimum Gasteiger partial charge on any atom is -0.465 e. The first-order valence-corrected chi connectivity index (χ1v) is 12.6. The van der Waals surface area contributed by atoms with Crippen molar-refractivity contribution in [2.45, 2.75) is 25.7 Å². The van der Waals surface area contributed by atoms with E-state index >= 15 is 0 Å². The number of rotatable bonds is 6. The number of hydrogen-bond donors (Lipinski definition) is 0. The zero-order valence-corrected chi connectivity index (χ0v) is 21.0. The van der Waals surface area contributed by atoms with Crippen molar-refractivity contribution in [2.24, 2.45) is 0 Å². The first-order valence-electron chi connectivity index (χ1n) is 11.8. The second-order valence-electron chi connectivity index (χ2n) is 8.95. The third kappa shape index (κ3) is 6.30. The first kappa shape index (κ1) is 25.0. The molecule has 2 aromatic rings. The molecule has 0 N–H and O–H groups in total. The van der Waals surface area contributed by atoms with Gasteiger partial charge in [0.05, 0.1) is 6.54 Å². The maximum atomic E-state index is 13.5. The van der Waals surface area contributed by atoms with Gasteiger partial charge >= 0.3 is 5.97 Å². The summed E-state index contributed by atoms with van der Waals surface area (Å²) in [6, 6.07) is 13.9. The van der Waals surface area contributed by atoms with Gasteiger partial charge in [-0.1, -0.05) is 41.4 Å². The Morgan fingerprint density at radius 3 is 2.32 bits per heavy atom. The van der Waals surface area contributed by atoms with Gasteiger partial charge in [-0.25, -0.2) is 0 Å². The third-order valence-electron chi connectivity index (χ3n) is 6.64. The van der Waals surface area contributed by atoms with Crippen LogP contribution in [0.2, 0.25) is 10.0 Å². The predicted molar refractivity (Wildman–Crippen MR) is 136 cm³/mol. The molecule has 1 amide bonds. The minimum atomic E-state index is -0.250. The van der Waals surface area contributed by atoms with Gasteiger partial charge in [0.1, 0.15) is 6.61 Å². The summed E-state index contributed by atoms with van der Waals surface area (Å²) in [5, 5.41) is 1.35. The lowest BCUT2D eigenvalue weighted by atomic mass is 9.87. The summed E-state index contributed by atoms with van der Waals surface area (Å²) in [6.07, 6.45) is 1.87. The van der Waals surface area contributed by atoms with Gasteiger partial charge in [-0.05, 0) is 48.2 Å². The minimum absolute atomic E-state index is 0.105. The number of hydrogen-bond acceptors (Lipinski definition) is 5. The van der Waals surface area contributed by atoms with Gasteiger partial charge in [-0.15, -0.1) is 0 Å². The highest BCUT2D eigenvalue weighted by atomic mass is 35.5. The van der Waals surface area contributed by atoms with Gasteiger partial charge in [-0.3, -0.25) is 19.4 Å². The fourth-order valence-electron chi connectivity index (χ4n) is 4.84. The molecule has 2 heterocycles. The van der Waals surface area contributed by atoms with Crippen molar-refractivity contribution in [3.05, 3.63) is 63.6 Å². The van der Waals surface area contributed by atoms with Crippen LogP contribution >= 0.6 is 23.2 Å². The Morgan fingerprint density at radius 1 is 0.941 bits per heavy atom. The Labute approximate surface area is 211 Å². The fourth-order valence-corrected chi connectivity index (χ4v) is 5.13. The maximum absolute atomic E-state index is 13.5. The molecular formula is C26H31Cl2N3O3. The topological polar surface area (TPSA) is 53.1 Å². The van der Waals surface area contributed by atoms with E-state index in [1.54, 1.807) is 0 Å². The molecule has 2 aliphatic rings. The Bertz CT molecular complexity index is 1010. The Balaban J connectivity index is 1.43. The average Bonchev–Trinajstić information content (AvgIpc) is 3.00. The second kappa shape index (κ2) is 11.5. The molecule has 1 atom stereocenters. The van der Waals surface area contributed by atoms with Crippen molar-refractivity contribution in [1.82, 2.24) is 9.80 Å². The number of carbonyl (C=O) groups is 2. The molecule has 0 saturated carbocycles. The highest BCUT2D eigenvalue weighted by Crippen LogP contribution is 2.40. The summed E-state index contributed by atoms with van der Waals surface area (Å²) < 4.78 is 5.04. The van der Waals surface area contributed by atoms with Crippen LogP contribution in [0.25, 0.3) is 0 Å². The second-order valence-corrected chi connectivity index (χ2v) is 9.83. The smallest absolute Gasteiger partial charge is 0.302 e. The molecule has 0 spiro atoms. The molecule has 2 aromatic carbocycles. The molecule has 6 nitrogen and oxygen atoms in total. The van der Waals surface area contributed by atoms with E-state index in [0.29, 0.717) is 24.7 Å². The van der Waals surface area contributed by atoms with Crippen LogP contribution in [-0.4, -0.2) is 74.1 Å². The van der Waals surface area contributed by atoms with Crippen LogP contribution in [0.5, 0.6) is 0 Å². The van der Waals surface area contributed by atoms with Gasteiger partial charge in [-0.2, -0.15) is 0 Å². The molecule has 1 saturated heterocycles. The van der Waals surface area contributed by atoms with Gasteiger partial charge in [0.15, 0.2) is 0 Å². The van der Waals surface area contributed by atoms with Crippen molar-refractivity contribution in [2.75, 3.05) is 57.3 Å². The lowest BCUT2D eigenvalue weighted by Gasteiger charge is -2.35. The van der Waals surface area contributed by atoms with Crippen LogP contribution in [0.15, 0.2) is 42.5 Å². The number of carbonyl (C=O) groups excluding carboxylic acids is 2. The highest BCUT2D eigenvalue weighted by molar-refractivity contribution is 6.31. The van der Waals surface area contributed by atoms with Crippen molar-refractivity contribution >= 4 is 40.8 Å². The van der Waals surface area contributed by atoms with Crippen molar-refractivity contribution in [3.63, 3.8) is 0 Å². The zero-order chi connectivity index (χ0) is 24.1. The molecule has 182 valence electrons. The van der Waals surface area contributed by atoms with E-state index in [-0.39, 0.29) is 17.8 Å². The Kier molecular flexibility index (Phi) is 8.48. The average molecular weight is 504 g/mol. The molecule has 0 radical (unpaired) electrons. The number of halogens is 2. The summed E-state index contributed by atoms with van der Waals surface area (Å²) in [4.78, 5) is 30.8. The predicted octanol–water partition coefficient (Wildman–Crippen LogP) is 4.43. The standard InChI is InChI=1S/C26H31Cl2N3O3/c1-19(32)34-16-15-29-11-13-30(14-12-29)18-26(33)31-10-2-3-23(20-4-6-21(27)7-5-20)24-9-8-22(28)17-25(24)31/h4-9,17,23H,2-3,10-16,18H2,1H3.